The Kier molecular flexibility index (Phi) is 6.52. The molecule has 10 heteroatoms. The number of aromatic nitrogens is 3. The molecule has 0 atom stereocenters. The van der Waals surface area contributed by atoms with Gasteiger partial charge < -0.3 is 15.5 Å². The highest BCUT2D eigenvalue weighted by Crippen LogP contribution is 2.48. The molecule has 1 aliphatic carbocycles. The third-order valence-corrected chi connectivity index (χ3v) is 7.43. The Bertz CT molecular complexity index is 1250. The predicted molar refractivity (Wildman–Crippen MR) is 128 cm³/mol. The van der Waals surface area contributed by atoms with Crippen LogP contribution in [0.3, 0.4) is 0 Å². The molecule has 1 saturated carbocycles. The second-order valence-corrected chi connectivity index (χ2v) is 10.2. The second-order valence-electron chi connectivity index (χ2n) is 10.2. The van der Waals surface area contributed by atoms with E-state index in [1.165, 1.54) is 12.1 Å². The van der Waals surface area contributed by atoms with Crippen LogP contribution in [-0.4, -0.2) is 50.0 Å². The van der Waals surface area contributed by atoms with Crippen LogP contribution in [0.2, 0.25) is 0 Å². The minimum atomic E-state index is -1.20. The van der Waals surface area contributed by atoms with Crippen molar-refractivity contribution in [3.8, 4) is 0 Å². The molecule has 2 fully saturated rings. The molecular weight excluding hydrogens is 471 g/mol. The fraction of sp³-hybridized carbons (Fsp3) is 0.462. The zero-order valence-electron chi connectivity index (χ0n) is 20.1. The lowest BCUT2D eigenvalue weighted by atomic mass is 9.75. The maximum Gasteiger partial charge on any atom is 0.163 e. The first-order valence-corrected chi connectivity index (χ1v) is 12.2. The summed E-state index contributed by atoms with van der Waals surface area (Å²) in [6.45, 7) is 3.04. The topological polar surface area (TPSA) is 97.3 Å². The largest absolute Gasteiger partial charge is 0.396 e. The van der Waals surface area contributed by atoms with Gasteiger partial charge in [0.15, 0.2) is 23.3 Å². The van der Waals surface area contributed by atoms with Crippen molar-refractivity contribution >= 4 is 11.6 Å². The smallest absolute Gasteiger partial charge is 0.163 e. The van der Waals surface area contributed by atoms with Crippen molar-refractivity contribution in [3.05, 3.63) is 70.3 Å². The number of anilines is 2. The van der Waals surface area contributed by atoms with Crippen LogP contribution in [0.25, 0.3) is 0 Å². The fourth-order valence-electron chi connectivity index (χ4n) is 4.95. The molecule has 1 saturated heterocycles. The zero-order chi connectivity index (χ0) is 25.5. The molecule has 4 N–H and O–H groups in total. The number of halogens is 3. The molecule has 36 heavy (non-hydrogen) atoms. The zero-order valence-corrected chi connectivity index (χ0v) is 20.1. The number of nitrogens with zero attached hydrogens (tertiary/aromatic N) is 3. The summed E-state index contributed by atoms with van der Waals surface area (Å²) in [4.78, 5) is 6.51. The summed E-state index contributed by atoms with van der Waals surface area (Å²) in [5.41, 5.74) is -0.296. The fourth-order valence-corrected chi connectivity index (χ4v) is 4.95. The summed E-state index contributed by atoms with van der Waals surface area (Å²) < 4.78 is 43.3. The molecule has 3 heterocycles. The van der Waals surface area contributed by atoms with Crippen LogP contribution in [0.4, 0.5) is 24.8 Å². The number of likely N-dealkylation sites (tertiary alicyclic amines) is 1. The van der Waals surface area contributed by atoms with Gasteiger partial charge in [-0.3, -0.25) is 10.00 Å². The number of aryl methyl sites for hydroxylation is 1. The summed E-state index contributed by atoms with van der Waals surface area (Å²) in [5.74, 6) is -1.36. The molecule has 0 spiro atoms. The first kappa shape index (κ1) is 24.7. The average Bonchev–Trinajstić information content (AvgIpc) is 3.48. The van der Waals surface area contributed by atoms with Gasteiger partial charge in [0.2, 0.25) is 0 Å². The van der Waals surface area contributed by atoms with Gasteiger partial charge in [-0.05, 0) is 57.8 Å². The third kappa shape index (κ3) is 4.98. The van der Waals surface area contributed by atoms with Crippen LogP contribution in [0.15, 0.2) is 30.3 Å². The number of nitrogens with one attached hydrogen (secondary N) is 2. The number of benzene rings is 1. The van der Waals surface area contributed by atoms with Gasteiger partial charge in [-0.15, -0.1) is 0 Å². The molecule has 1 aliphatic heterocycles. The van der Waals surface area contributed by atoms with Gasteiger partial charge in [0.1, 0.15) is 5.82 Å². The van der Waals surface area contributed by atoms with Crippen molar-refractivity contribution in [2.45, 2.75) is 51.2 Å². The number of H-pyrrole nitrogens is 1. The maximum atomic E-state index is 15.6. The van der Waals surface area contributed by atoms with Gasteiger partial charge in [-0.2, -0.15) is 5.10 Å². The number of aliphatic hydroxyl groups excluding tert-OH is 1. The lowest BCUT2D eigenvalue weighted by molar-refractivity contribution is 0.0394. The Balaban J connectivity index is 1.35. The van der Waals surface area contributed by atoms with Gasteiger partial charge in [0, 0.05) is 47.9 Å². The van der Waals surface area contributed by atoms with E-state index in [2.05, 4.69) is 20.5 Å². The van der Waals surface area contributed by atoms with Crippen LogP contribution in [-0.2, 0) is 18.6 Å². The van der Waals surface area contributed by atoms with Crippen LogP contribution >= 0.6 is 0 Å². The van der Waals surface area contributed by atoms with Gasteiger partial charge in [0.25, 0.3) is 0 Å². The van der Waals surface area contributed by atoms with Gasteiger partial charge in [-0.1, -0.05) is 12.1 Å². The van der Waals surface area contributed by atoms with E-state index in [4.69, 9.17) is 0 Å². The van der Waals surface area contributed by atoms with Crippen LogP contribution < -0.4 is 5.32 Å². The Labute approximate surface area is 207 Å². The van der Waals surface area contributed by atoms with E-state index in [0.717, 1.165) is 11.8 Å². The number of piperidine rings is 1. The molecule has 192 valence electrons. The summed E-state index contributed by atoms with van der Waals surface area (Å²) in [7, 11) is 0. The molecule has 1 aromatic carbocycles. The molecule has 0 unspecified atom stereocenters. The quantitative estimate of drug-likeness (QED) is 0.372. The molecular formula is C26H30F3N5O2. The SMILES string of the molecule is Cc1cc(Nc2cc(C3(O)CC3)c(F)c(CC3(CO)CCN(Cc4cccc(F)c4F)CC3)n2)n[nH]1. The molecule has 3 aromatic rings. The van der Waals surface area contributed by atoms with E-state index in [1.807, 2.05) is 11.8 Å². The number of aromatic amines is 1. The van der Waals surface area contributed by atoms with E-state index in [9.17, 15) is 19.0 Å². The molecule has 0 amide bonds. The van der Waals surface area contributed by atoms with E-state index in [-0.39, 0.29) is 36.4 Å². The average molecular weight is 502 g/mol. The third-order valence-electron chi connectivity index (χ3n) is 7.43. The number of hydrogen-bond donors (Lipinski definition) is 4. The highest BCUT2D eigenvalue weighted by molar-refractivity contribution is 5.54. The highest BCUT2D eigenvalue weighted by atomic mass is 19.2. The van der Waals surface area contributed by atoms with E-state index in [1.54, 1.807) is 12.1 Å². The summed E-state index contributed by atoms with van der Waals surface area (Å²) in [6, 6.07) is 7.46. The van der Waals surface area contributed by atoms with Crippen molar-refractivity contribution in [2.24, 2.45) is 5.41 Å². The molecule has 2 aromatic heterocycles. The maximum absolute atomic E-state index is 15.6. The molecule has 5 rings (SSSR count). The number of pyridine rings is 1. The van der Waals surface area contributed by atoms with Crippen molar-refractivity contribution < 1.29 is 23.4 Å². The summed E-state index contributed by atoms with van der Waals surface area (Å²) in [5, 5.41) is 31.1. The normalized spacial score (nSPS) is 18.8. The van der Waals surface area contributed by atoms with E-state index >= 15 is 4.39 Å². The first-order chi connectivity index (χ1) is 17.2. The molecule has 2 aliphatic rings. The molecule has 0 bridgehead atoms. The van der Waals surface area contributed by atoms with Gasteiger partial charge in [0.05, 0.1) is 11.3 Å². The minimum Gasteiger partial charge on any atom is -0.396 e. The Hall–Kier alpha value is -2.95. The standard InChI is InChI=1S/C26H30F3N5O2/c1-16-11-22(33-32-16)31-21-12-18(26(36)5-6-26)24(29)20(30-21)13-25(15-35)7-9-34(10-8-25)14-17-3-2-4-19(27)23(17)28/h2-4,11-12,35-36H,5-10,13-15H2,1H3,(H2,30,31,32,33). The van der Waals surface area contributed by atoms with Crippen LogP contribution in [0.1, 0.15) is 48.2 Å². The Morgan fingerprint density at radius 2 is 1.81 bits per heavy atom. The van der Waals surface area contributed by atoms with Crippen molar-refractivity contribution in [2.75, 3.05) is 25.0 Å². The summed E-state index contributed by atoms with van der Waals surface area (Å²) >= 11 is 0. The second kappa shape index (κ2) is 9.49. The van der Waals surface area contributed by atoms with Crippen molar-refractivity contribution in [1.29, 1.82) is 0 Å². The number of rotatable bonds is 8. The van der Waals surface area contributed by atoms with E-state index < -0.39 is 28.5 Å². The monoisotopic (exact) mass is 501 g/mol. The lowest BCUT2D eigenvalue weighted by Gasteiger charge is -2.41. The van der Waals surface area contributed by atoms with Gasteiger partial charge in [-0.25, -0.2) is 18.2 Å². The Morgan fingerprint density at radius 1 is 1.06 bits per heavy atom. The number of aliphatic hydroxyl groups is 2. The van der Waals surface area contributed by atoms with Crippen molar-refractivity contribution in [1.82, 2.24) is 20.1 Å². The van der Waals surface area contributed by atoms with Crippen LogP contribution in [0, 0.1) is 29.8 Å². The Morgan fingerprint density at radius 3 is 2.44 bits per heavy atom. The minimum absolute atomic E-state index is 0.161. The molecule has 7 nitrogen and oxygen atoms in total. The predicted octanol–water partition coefficient (Wildman–Crippen LogP) is 4.07. The first-order valence-electron chi connectivity index (χ1n) is 12.2. The highest BCUT2D eigenvalue weighted by Gasteiger charge is 2.46. The van der Waals surface area contributed by atoms with Gasteiger partial charge >= 0.3 is 0 Å². The summed E-state index contributed by atoms with van der Waals surface area (Å²) in [6.07, 6.45) is 2.22. The van der Waals surface area contributed by atoms with Crippen LogP contribution in [0.5, 0.6) is 0 Å². The van der Waals surface area contributed by atoms with Crippen molar-refractivity contribution in [3.63, 3.8) is 0 Å². The molecule has 0 radical (unpaired) electrons. The number of hydrogen-bond acceptors (Lipinski definition) is 6. The van der Waals surface area contributed by atoms with E-state index in [0.29, 0.717) is 50.4 Å². The lowest BCUT2D eigenvalue weighted by Crippen LogP contribution is -2.43.